The molecule has 1 aliphatic rings. The summed E-state index contributed by atoms with van der Waals surface area (Å²) in [6, 6.07) is 2.56. The van der Waals surface area contributed by atoms with E-state index in [0.29, 0.717) is 12.0 Å². The number of anilines is 1. The Morgan fingerprint density at radius 2 is 2.21 bits per heavy atom. The molecule has 0 aliphatic carbocycles. The van der Waals surface area contributed by atoms with Crippen LogP contribution >= 0.6 is 0 Å². The zero-order valence-electron chi connectivity index (χ0n) is 8.62. The van der Waals surface area contributed by atoms with Crippen LogP contribution in [0.3, 0.4) is 0 Å². The molecule has 0 saturated carbocycles. The quantitative estimate of drug-likeness (QED) is 0.749. The Morgan fingerprint density at radius 1 is 1.43 bits per heavy atom. The zero-order valence-corrected chi connectivity index (χ0v) is 8.62. The first kappa shape index (κ1) is 9.40. The third-order valence-corrected chi connectivity index (χ3v) is 2.41. The van der Waals surface area contributed by atoms with Gasteiger partial charge in [0.1, 0.15) is 12.1 Å². The highest BCUT2D eigenvalue weighted by molar-refractivity contribution is 5.37. The van der Waals surface area contributed by atoms with Gasteiger partial charge in [-0.05, 0) is 5.92 Å². The van der Waals surface area contributed by atoms with Crippen molar-refractivity contribution >= 4 is 5.82 Å². The molecule has 1 aromatic heterocycles. The largest absolute Gasteiger partial charge is 0.365 e. The lowest BCUT2D eigenvalue weighted by Crippen LogP contribution is -2.51. The molecular formula is C10H16N4. The highest BCUT2D eigenvalue weighted by Gasteiger charge is 2.16. The minimum Gasteiger partial charge on any atom is -0.365 e. The first-order valence-electron chi connectivity index (χ1n) is 5.05. The number of hydrogen-bond acceptors (Lipinski definition) is 4. The number of rotatable bonds is 3. The molecule has 1 aromatic rings. The highest BCUT2D eigenvalue weighted by Crippen LogP contribution is 2.14. The van der Waals surface area contributed by atoms with Crippen LogP contribution in [0.4, 0.5) is 5.82 Å². The van der Waals surface area contributed by atoms with Crippen molar-refractivity contribution in [1.29, 1.82) is 0 Å². The molecule has 0 atom stereocenters. The van der Waals surface area contributed by atoms with Gasteiger partial charge in [-0.15, -0.1) is 0 Å². The van der Waals surface area contributed by atoms with Crippen LogP contribution in [0.25, 0.3) is 0 Å². The van der Waals surface area contributed by atoms with Crippen LogP contribution in [0.1, 0.15) is 25.5 Å². The Balaban J connectivity index is 2.05. The normalized spacial score (nSPS) is 16.8. The third-order valence-electron chi connectivity index (χ3n) is 2.41. The Bertz CT molecular complexity index is 307. The smallest absolute Gasteiger partial charge is 0.129 e. The number of nitrogens with zero attached hydrogens (tertiary/aromatic N) is 2. The van der Waals surface area contributed by atoms with Gasteiger partial charge < -0.3 is 10.6 Å². The van der Waals surface area contributed by atoms with Crippen molar-refractivity contribution in [1.82, 2.24) is 15.3 Å². The second kappa shape index (κ2) is 3.92. The van der Waals surface area contributed by atoms with Gasteiger partial charge in [-0.1, -0.05) is 13.8 Å². The fraction of sp³-hybridized carbons (Fsp3) is 0.600. The molecule has 1 fully saturated rings. The molecular weight excluding hydrogens is 176 g/mol. The maximum atomic E-state index is 4.22. The van der Waals surface area contributed by atoms with E-state index in [4.69, 9.17) is 0 Å². The lowest BCUT2D eigenvalue weighted by Gasteiger charge is -2.28. The SMILES string of the molecule is CC(C)c1cc(NC2CNC2)ncn1. The van der Waals surface area contributed by atoms with Crippen molar-refractivity contribution in [2.45, 2.75) is 25.8 Å². The van der Waals surface area contributed by atoms with E-state index in [1.54, 1.807) is 6.33 Å². The molecule has 0 radical (unpaired) electrons. The number of hydrogen-bond donors (Lipinski definition) is 2. The standard InChI is InChI=1S/C10H16N4/c1-7(2)9-3-10(13-6-12-9)14-8-4-11-5-8/h3,6-8,11H,4-5H2,1-2H3,(H,12,13,14). The Morgan fingerprint density at radius 3 is 2.79 bits per heavy atom. The van der Waals surface area contributed by atoms with Crippen molar-refractivity contribution in [3.63, 3.8) is 0 Å². The number of aromatic nitrogens is 2. The molecule has 14 heavy (non-hydrogen) atoms. The summed E-state index contributed by atoms with van der Waals surface area (Å²) in [5.41, 5.74) is 1.09. The van der Waals surface area contributed by atoms with Crippen molar-refractivity contribution in [3.8, 4) is 0 Å². The van der Waals surface area contributed by atoms with Gasteiger partial charge in [-0.2, -0.15) is 0 Å². The van der Waals surface area contributed by atoms with Crippen LogP contribution in [0.5, 0.6) is 0 Å². The molecule has 2 heterocycles. The van der Waals surface area contributed by atoms with Crippen LogP contribution in [0.15, 0.2) is 12.4 Å². The van der Waals surface area contributed by atoms with Crippen LogP contribution in [0, 0.1) is 0 Å². The van der Waals surface area contributed by atoms with Gasteiger partial charge in [0.25, 0.3) is 0 Å². The van der Waals surface area contributed by atoms with Gasteiger partial charge in [-0.25, -0.2) is 9.97 Å². The van der Waals surface area contributed by atoms with E-state index in [0.717, 1.165) is 24.6 Å². The Labute approximate surface area is 84.2 Å². The summed E-state index contributed by atoms with van der Waals surface area (Å²) in [6.07, 6.45) is 1.63. The van der Waals surface area contributed by atoms with E-state index in [1.165, 1.54) is 0 Å². The molecule has 2 rings (SSSR count). The molecule has 2 N–H and O–H groups in total. The molecule has 1 saturated heterocycles. The molecule has 4 nitrogen and oxygen atoms in total. The van der Waals surface area contributed by atoms with Gasteiger partial charge in [0.15, 0.2) is 0 Å². The summed E-state index contributed by atoms with van der Waals surface area (Å²) in [5.74, 6) is 1.40. The Hall–Kier alpha value is -1.16. The van der Waals surface area contributed by atoms with Crippen molar-refractivity contribution in [2.24, 2.45) is 0 Å². The molecule has 4 heteroatoms. The van der Waals surface area contributed by atoms with Crippen molar-refractivity contribution in [2.75, 3.05) is 18.4 Å². The van der Waals surface area contributed by atoms with E-state index in [2.05, 4.69) is 34.4 Å². The molecule has 0 spiro atoms. The highest BCUT2D eigenvalue weighted by atomic mass is 15.1. The summed E-state index contributed by atoms with van der Waals surface area (Å²) in [4.78, 5) is 8.42. The first-order chi connectivity index (χ1) is 6.75. The molecule has 1 aliphatic heterocycles. The molecule has 0 unspecified atom stereocenters. The fourth-order valence-corrected chi connectivity index (χ4v) is 1.37. The molecule has 76 valence electrons. The molecule has 0 amide bonds. The van der Waals surface area contributed by atoms with Crippen molar-refractivity contribution in [3.05, 3.63) is 18.1 Å². The minimum atomic E-state index is 0.457. The maximum absolute atomic E-state index is 4.22. The summed E-state index contributed by atoms with van der Waals surface area (Å²) < 4.78 is 0. The first-order valence-corrected chi connectivity index (χ1v) is 5.05. The summed E-state index contributed by atoms with van der Waals surface area (Å²) in [7, 11) is 0. The fourth-order valence-electron chi connectivity index (χ4n) is 1.37. The zero-order chi connectivity index (χ0) is 9.97. The maximum Gasteiger partial charge on any atom is 0.129 e. The van der Waals surface area contributed by atoms with Crippen molar-refractivity contribution < 1.29 is 0 Å². The predicted molar refractivity (Wildman–Crippen MR) is 56.4 cm³/mol. The van der Waals surface area contributed by atoms with E-state index in [-0.39, 0.29) is 0 Å². The van der Waals surface area contributed by atoms with Crippen LogP contribution < -0.4 is 10.6 Å². The third kappa shape index (κ3) is 2.01. The summed E-state index contributed by atoms with van der Waals surface area (Å²) >= 11 is 0. The molecule has 0 aromatic carbocycles. The second-order valence-electron chi connectivity index (χ2n) is 3.98. The van der Waals surface area contributed by atoms with Gasteiger partial charge in [0, 0.05) is 24.8 Å². The topological polar surface area (TPSA) is 49.8 Å². The molecule has 0 bridgehead atoms. The van der Waals surface area contributed by atoms with Gasteiger partial charge >= 0.3 is 0 Å². The average molecular weight is 192 g/mol. The number of nitrogens with one attached hydrogen (secondary N) is 2. The van der Waals surface area contributed by atoms with E-state index < -0.39 is 0 Å². The lowest BCUT2D eigenvalue weighted by molar-refractivity contribution is 0.471. The summed E-state index contributed by atoms with van der Waals surface area (Å²) in [6.45, 7) is 6.33. The summed E-state index contributed by atoms with van der Waals surface area (Å²) in [5, 5.41) is 6.57. The lowest BCUT2D eigenvalue weighted by atomic mass is 10.1. The average Bonchev–Trinajstić information content (AvgIpc) is 2.12. The van der Waals surface area contributed by atoms with Crippen LogP contribution in [-0.2, 0) is 0 Å². The van der Waals surface area contributed by atoms with Gasteiger partial charge in [0.05, 0.1) is 6.04 Å². The van der Waals surface area contributed by atoms with Gasteiger partial charge in [0.2, 0.25) is 0 Å². The van der Waals surface area contributed by atoms with E-state index >= 15 is 0 Å². The second-order valence-corrected chi connectivity index (χ2v) is 3.98. The van der Waals surface area contributed by atoms with E-state index in [9.17, 15) is 0 Å². The minimum absolute atomic E-state index is 0.457. The van der Waals surface area contributed by atoms with Crippen LogP contribution in [-0.4, -0.2) is 29.1 Å². The van der Waals surface area contributed by atoms with Crippen LogP contribution in [0.2, 0.25) is 0 Å². The van der Waals surface area contributed by atoms with E-state index in [1.807, 2.05) is 6.07 Å². The monoisotopic (exact) mass is 192 g/mol. The van der Waals surface area contributed by atoms with Gasteiger partial charge in [-0.3, -0.25) is 0 Å². The predicted octanol–water partition coefficient (Wildman–Crippen LogP) is 0.984. The Kier molecular flexibility index (Phi) is 2.63.